The number of rotatable bonds is 4. The molecule has 0 aliphatic heterocycles. The Morgan fingerprint density at radius 1 is 1.62 bits per heavy atom. The highest BCUT2D eigenvalue weighted by molar-refractivity contribution is 9.11. The first-order valence-corrected chi connectivity index (χ1v) is 5.77. The number of hydrogen-bond acceptors (Lipinski definition) is 5. The van der Waals surface area contributed by atoms with Crippen molar-refractivity contribution in [2.75, 3.05) is 11.9 Å². The Morgan fingerprint density at radius 3 is 2.92 bits per heavy atom. The lowest BCUT2D eigenvalue weighted by Crippen LogP contribution is -2.21. The number of nitrogens with one attached hydrogen (secondary N) is 1. The van der Waals surface area contributed by atoms with Gasteiger partial charge in [-0.2, -0.15) is 0 Å². The van der Waals surface area contributed by atoms with Gasteiger partial charge < -0.3 is 10.4 Å². The van der Waals surface area contributed by atoms with Crippen LogP contribution < -0.4 is 5.32 Å². The summed E-state index contributed by atoms with van der Waals surface area (Å²) < 4.78 is 0.760. The van der Waals surface area contributed by atoms with Crippen LogP contribution in [0, 0.1) is 5.92 Å². The third-order valence-electron chi connectivity index (χ3n) is 2.03. The fraction of sp³-hybridized carbons (Fsp3) is 0.714. The summed E-state index contributed by atoms with van der Waals surface area (Å²) in [4.78, 5) is 0. The number of halogens is 1. The highest BCUT2D eigenvalue weighted by atomic mass is 79.9. The van der Waals surface area contributed by atoms with E-state index in [1.807, 2.05) is 0 Å². The molecular formula is C7H10BrN3OS. The van der Waals surface area contributed by atoms with Gasteiger partial charge in [-0.3, -0.25) is 0 Å². The Bertz CT molecular complexity index is 289. The van der Waals surface area contributed by atoms with Crippen molar-refractivity contribution in [3.63, 3.8) is 0 Å². The Hall–Kier alpha value is -0.200. The molecule has 0 aromatic carbocycles. The van der Waals surface area contributed by atoms with Crippen LogP contribution in [-0.4, -0.2) is 28.0 Å². The van der Waals surface area contributed by atoms with Crippen molar-refractivity contribution < 1.29 is 5.11 Å². The molecule has 1 fully saturated rings. The van der Waals surface area contributed by atoms with Crippen LogP contribution >= 0.6 is 27.3 Å². The van der Waals surface area contributed by atoms with Gasteiger partial charge >= 0.3 is 0 Å². The van der Waals surface area contributed by atoms with Crippen molar-refractivity contribution in [2.24, 2.45) is 5.92 Å². The molecule has 0 saturated heterocycles. The van der Waals surface area contributed by atoms with E-state index in [-0.39, 0.29) is 6.10 Å². The van der Waals surface area contributed by atoms with Gasteiger partial charge in [0.05, 0.1) is 6.10 Å². The average molecular weight is 264 g/mol. The second-order valence-corrected chi connectivity index (χ2v) is 5.40. The fourth-order valence-corrected chi connectivity index (χ4v) is 2.13. The molecule has 6 heteroatoms. The van der Waals surface area contributed by atoms with E-state index in [9.17, 15) is 5.11 Å². The molecule has 13 heavy (non-hydrogen) atoms. The van der Waals surface area contributed by atoms with E-state index in [0.29, 0.717) is 12.5 Å². The lowest BCUT2D eigenvalue weighted by atomic mass is 10.2. The van der Waals surface area contributed by atoms with Gasteiger partial charge in [0, 0.05) is 6.54 Å². The highest BCUT2D eigenvalue weighted by Gasteiger charge is 2.29. The topological polar surface area (TPSA) is 58.0 Å². The molecule has 1 heterocycles. The number of aromatic nitrogens is 2. The smallest absolute Gasteiger partial charge is 0.206 e. The first kappa shape index (κ1) is 9.36. The van der Waals surface area contributed by atoms with Crippen LogP contribution in [0.15, 0.2) is 3.92 Å². The summed E-state index contributed by atoms with van der Waals surface area (Å²) in [6.45, 7) is 0.576. The van der Waals surface area contributed by atoms with E-state index in [0.717, 1.165) is 21.9 Å². The SMILES string of the molecule is OC(CNc1nnc(Br)s1)C1CC1. The zero-order chi connectivity index (χ0) is 9.26. The molecule has 1 unspecified atom stereocenters. The lowest BCUT2D eigenvalue weighted by molar-refractivity contribution is 0.164. The first-order chi connectivity index (χ1) is 6.25. The minimum absolute atomic E-state index is 0.234. The molecule has 1 aromatic heterocycles. The third kappa shape index (κ3) is 2.62. The maximum Gasteiger partial charge on any atom is 0.206 e. The fourth-order valence-electron chi connectivity index (χ4n) is 1.12. The summed E-state index contributed by atoms with van der Waals surface area (Å²) in [7, 11) is 0. The second kappa shape index (κ2) is 3.89. The van der Waals surface area contributed by atoms with Crippen LogP contribution in [0.1, 0.15) is 12.8 Å². The second-order valence-electron chi connectivity index (χ2n) is 3.15. The summed E-state index contributed by atoms with van der Waals surface area (Å²) in [6, 6.07) is 0. The molecule has 0 spiro atoms. The number of anilines is 1. The molecule has 1 aliphatic rings. The average Bonchev–Trinajstić information content (AvgIpc) is 2.87. The van der Waals surface area contributed by atoms with Gasteiger partial charge in [-0.05, 0) is 34.7 Å². The summed E-state index contributed by atoms with van der Waals surface area (Å²) in [5, 5.41) is 21.0. The molecule has 1 saturated carbocycles. The molecule has 0 radical (unpaired) electrons. The molecule has 1 atom stereocenters. The van der Waals surface area contributed by atoms with Gasteiger partial charge in [-0.25, -0.2) is 0 Å². The zero-order valence-corrected chi connectivity index (χ0v) is 9.31. The number of aliphatic hydroxyl groups is 1. The van der Waals surface area contributed by atoms with E-state index < -0.39 is 0 Å². The van der Waals surface area contributed by atoms with Crippen molar-refractivity contribution in [1.82, 2.24) is 10.2 Å². The van der Waals surface area contributed by atoms with Crippen LogP contribution in [0.4, 0.5) is 5.13 Å². The normalized spacial score (nSPS) is 18.6. The Morgan fingerprint density at radius 2 is 2.38 bits per heavy atom. The summed E-state index contributed by atoms with van der Waals surface area (Å²) in [6.07, 6.45) is 2.08. The Balaban J connectivity index is 1.78. The predicted molar refractivity (Wildman–Crippen MR) is 54.8 cm³/mol. The summed E-state index contributed by atoms with van der Waals surface area (Å²) >= 11 is 4.66. The largest absolute Gasteiger partial charge is 0.391 e. The summed E-state index contributed by atoms with van der Waals surface area (Å²) in [5.41, 5.74) is 0. The van der Waals surface area contributed by atoms with Crippen LogP contribution in [0.25, 0.3) is 0 Å². The number of hydrogen-bond donors (Lipinski definition) is 2. The molecule has 72 valence electrons. The van der Waals surface area contributed by atoms with Gasteiger partial charge in [0.15, 0.2) is 3.92 Å². The van der Waals surface area contributed by atoms with Crippen molar-refractivity contribution in [1.29, 1.82) is 0 Å². The van der Waals surface area contributed by atoms with Gasteiger partial charge in [-0.1, -0.05) is 11.3 Å². The first-order valence-electron chi connectivity index (χ1n) is 4.16. The lowest BCUT2D eigenvalue weighted by Gasteiger charge is -2.08. The van der Waals surface area contributed by atoms with Crippen molar-refractivity contribution >= 4 is 32.4 Å². The van der Waals surface area contributed by atoms with Crippen molar-refractivity contribution in [2.45, 2.75) is 18.9 Å². The van der Waals surface area contributed by atoms with Crippen LogP contribution in [0.3, 0.4) is 0 Å². The van der Waals surface area contributed by atoms with E-state index in [4.69, 9.17) is 0 Å². The quantitative estimate of drug-likeness (QED) is 0.864. The van der Waals surface area contributed by atoms with Crippen LogP contribution in [0.2, 0.25) is 0 Å². The third-order valence-corrected chi connectivity index (χ3v) is 3.34. The zero-order valence-electron chi connectivity index (χ0n) is 6.90. The predicted octanol–water partition coefficient (Wildman–Crippen LogP) is 1.48. The molecule has 1 aromatic rings. The number of aliphatic hydroxyl groups excluding tert-OH is 1. The monoisotopic (exact) mass is 263 g/mol. The molecule has 4 nitrogen and oxygen atoms in total. The molecule has 1 aliphatic carbocycles. The molecular weight excluding hydrogens is 254 g/mol. The van der Waals surface area contributed by atoms with E-state index in [2.05, 4.69) is 31.4 Å². The molecule has 0 bridgehead atoms. The Kier molecular flexibility index (Phi) is 2.80. The van der Waals surface area contributed by atoms with Gasteiger partial charge in [0.2, 0.25) is 5.13 Å². The molecule has 0 amide bonds. The maximum absolute atomic E-state index is 9.54. The van der Waals surface area contributed by atoms with Crippen molar-refractivity contribution in [3.8, 4) is 0 Å². The van der Waals surface area contributed by atoms with E-state index in [1.165, 1.54) is 11.3 Å². The minimum Gasteiger partial charge on any atom is -0.391 e. The van der Waals surface area contributed by atoms with Crippen LogP contribution in [-0.2, 0) is 0 Å². The molecule has 2 rings (SSSR count). The minimum atomic E-state index is -0.234. The molecule has 2 N–H and O–H groups in total. The van der Waals surface area contributed by atoms with Crippen molar-refractivity contribution in [3.05, 3.63) is 3.92 Å². The summed E-state index contributed by atoms with van der Waals surface area (Å²) in [5.74, 6) is 0.504. The van der Waals surface area contributed by atoms with Crippen LogP contribution in [0.5, 0.6) is 0 Å². The standard InChI is InChI=1S/C7H10BrN3OS/c8-6-10-11-7(13-6)9-3-5(12)4-1-2-4/h4-5,12H,1-3H2,(H,9,11). The van der Waals surface area contributed by atoms with Gasteiger partial charge in [0.25, 0.3) is 0 Å². The highest BCUT2D eigenvalue weighted by Crippen LogP contribution is 2.32. The van der Waals surface area contributed by atoms with E-state index >= 15 is 0 Å². The van der Waals surface area contributed by atoms with Gasteiger partial charge in [-0.15, -0.1) is 10.2 Å². The number of nitrogens with zero attached hydrogens (tertiary/aromatic N) is 2. The Labute approximate surface area is 88.5 Å². The van der Waals surface area contributed by atoms with E-state index in [1.54, 1.807) is 0 Å². The van der Waals surface area contributed by atoms with Gasteiger partial charge in [0.1, 0.15) is 0 Å². The maximum atomic E-state index is 9.54.